The Balaban J connectivity index is 1.78. The molecule has 144 valence electrons. The van der Waals surface area contributed by atoms with Crippen LogP contribution < -0.4 is 9.64 Å². The molecule has 0 spiro atoms. The third-order valence-corrected chi connectivity index (χ3v) is 5.53. The highest BCUT2D eigenvalue weighted by molar-refractivity contribution is 6.07. The summed E-state index contributed by atoms with van der Waals surface area (Å²) in [4.78, 5) is 27.9. The minimum absolute atomic E-state index is 0.0536. The molecule has 2 aromatic carbocycles. The molecule has 0 N–H and O–H groups in total. The van der Waals surface area contributed by atoms with E-state index in [0.29, 0.717) is 19.4 Å². The van der Waals surface area contributed by atoms with Crippen molar-refractivity contribution in [2.24, 2.45) is 0 Å². The lowest BCUT2D eigenvalue weighted by molar-refractivity contribution is -0.119. The number of ether oxygens (including phenoxy) is 1. The highest BCUT2D eigenvalue weighted by Crippen LogP contribution is 2.43. The van der Waals surface area contributed by atoms with Crippen molar-refractivity contribution in [1.82, 2.24) is 0 Å². The van der Waals surface area contributed by atoms with Crippen LogP contribution in [0, 0.1) is 6.92 Å². The zero-order valence-electron chi connectivity index (χ0n) is 16.4. The van der Waals surface area contributed by atoms with Crippen LogP contribution in [-0.4, -0.2) is 18.3 Å². The van der Waals surface area contributed by atoms with Gasteiger partial charge in [-0.1, -0.05) is 24.3 Å². The molecule has 28 heavy (non-hydrogen) atoms. The molecule has 1 aliphatic heterocycles. The Morgan fingerprint density at radius 1 is 1.07 bits per heavy atom. The van der Waals surface area contributed by atoms with Gasteiger partial charge in [0, 0.05) is 35.7 Å². The summed E-state index contributed by atoms with van der Waals surface area (Å²) in [5.74, 6) is 0.856. The van der Waals surface area contributed by atoms with Crippen LogP contribution in [0.2, 0.25) is 0 Å². The summed E-state index contributed by atoms with van der Waals surface area (Å²) >= 11 is 0. The van der Waals surface area contributed by atoms with Crippen molar-refractivity contribution in [1.29, 1.82) is 0 Å². The van der Waals surface area contributed by atoms with Gasteiger partial charge in [-0.3, -0.25) is 14.5 Å². The van der Waals surface area contributed by atoms with Crippen LogP contribution in [0.1, 0.15) is 49.7 Å². The summed E-state index contributed by atoms with van der Waals surface area (Å²) in [5, 5.41) is 0. The first-order valence-corrected chi connectivity index (χ1v) is 9.97. The smallest absolute Gasteiger partial charge is 0.232 e. The third-order valence-electron chi connectivity index (χ3n) is 5.53. The maximum absolute atomic E-state index is 13.2. The molecule has 0 bridgehead atoms. The Morgan fingerprint density at radius 2 is 1.86 bits per heavy atom. The molecular weight excluding hydrogens is 350 g/mol. The number of carbonyl (C=O) groups excluding carboxylic acids is 2. The molecule has 2 aliphatic rings. The Labute approximate surface area is 165 Å². The first-order valence-electron chi connectivity index (χ1n) is 9.97. The minimum atomic E-state index is -0.174. The number of Topliss-reactive ketones (excluding diaryl/α,β-unsaturated/α-hetero) is 1. The minimum Gasteiger partial charge on any atom is -0.494 e. The molecule has 0 radical (unpaired) electrons. The summed E-state index contributed by atoms with van der Waals surface area (Å²) in [6.45, 7) is 4.58. The van der Waals surface area contributed by atoms with Crippen LogP contribution in [0.3, 0.4) is 0 Å². The lowest BCUT2D eigenvalue weighted by Gasteiger charge is -2.38. The SMILES string of the molecule is CCOc1ccc(C2CC(=O)N(c3cccc(C)c3)C3=C2C(=O)CCC3)cc1. The fourth-order valence-corrected chi connectivity index (χ4v) is 4.31. The molecule has 1 amide bonds. The Hall–Kier alpha value is -2.88. The molecule has 2 aromatic rings. The standard InChI is InChI=1S/C24H25NO3/c1-3-28-19-12-10-17(11-13-19)20-15-23(27)25(18-7-4-6-16(2)14-18)21-8-5-9-22(26)24(20)21/h4,6-7,10-14,20H,3,5,8-9,15H2,1-2H3. The molecular formula is C24H25NO3. The van der Waals surface area contributed by atoms with Crippen LogP contribution in [0.15, 0.2) is 59.8 Å². The number of ketones is 1. The lowest BCUT2D eigenvalue weighted by atomic mass is 9.77. The van der Waals surface area contributed by atoms with Crippen molar-refractivity contribution in [3.05, 3.63) is 70.9 Å². The van der Waals surface area contributed by atoms with Gasteiger partial charge in [0.2, 0.25) is 5.91 Å². The number of benzene rings is 2. The highest BCUT2D eigenvalue weighted by atomic mass is 16.5. The average molecular weight is 375 g/mol. The number of allylic oxidation sites excluding steroid dienone is 2. The summed E-state index contributed by atoms with van der Waals surface area (Å²) in [7, 11) is 0. The zero-order chi connectivity index (χ0) is 19.7. The summed E-state index contributed by atoms with van der Waals surface area (Å²) in [6.07, 6.45) is 2.42. The van der Waals surface area contributed by atoms with Crippen molar-refractivity contribution in [2.45, 2.75) is 45.4 Å². The van der Waals surface area contributed by atoms with Crippen molar-refractivity contribution in [2.75, 3.05) is 11.5 Å². The molecule has 1 unspecified atom stereocenters. The lowest BCUT2D eigenvalue weighted by Crippen LogP contribution is -2.40. The first-order chi connectivity index (χ1) is 13.6. The van der Waals surface area contributed by atoms with Crippen LogP contribution in [0.25, 0.3) is 0 Å². The molecule has 0 saturated heterocycles. The predicted molar refractivity (Wildman–Crippen MR) is 110 cm³/mol. The van der Waals surface area contributed by atoms with Gasteiger partial charge in [-0.15, -0.1) is 0 Å². The predicted octanol–water partition coefficient (Wildman–Crippen LogP) is 4.92. The molecule has 4 nitrogen and oxygen atoms in total. The Morgan fingerprint density at radius 3 is 2.57 bits per heavy atom. The van der Waals surface area contributed by atoms with Crippen LogP contribution in [0.4, 0.5) is 5.69 Å². The maximum Gasteiger partial charge on any atom is 0.232 e. The van der Waals surface area contributed by atoms with E-state index in [1.54, 1.807) is 4.90 Å². The van der Waals surface area contributed by atoms with E-state index >= 15 is 0 Å². The fourth-order valence-electron chi connectivity index (χ4n) is 4.31. The van der Waals surface area contributed by atoms with E-state index in [1.165, 1.54) is 0 Å². The van der Waals surface area contributed by atoms with E-state index in [1.807, 2.05) is 62.4 Å². The molecule has 4 rings (SSSR count). The summed E-state index contributed by atoms with van der Waals surface area (Å²) in [5.41, 5.74) is 4.66. The molecule has 0 saturated carbocycles. The van der Waals surface area contributed by atoms with Gasteiger partial charge in [-0.25, -0.2) is 0 Å². The van der Waals surface area contributed by atoms with Crippen LogP contribution >= 0.6 is 0 Å². The van der Waals surface area contributed by atoms with Crippen LogP contribution in [-0.2, 0) is 9.59 Å². The molecule has 1 heterocycles. The second kappa shape index (κ2) is 7.63. The number of rotatable bonds is 4. The zero-order valence-corrected chi connectivity index (χ0v) is 16.4. The number of aryl methyl sites for hydroxylation is 1. The van der Waals surface area contributed by atoms with E-state index in [4.69, 9.17) is 4.74 Å². The van der Waals surface area contributed by atoms with Gasteiger partial charge in [-0.2, -0.15) is 0 Å². The average Bonchev–Trinajstić information content (AvgIpc) is 2.68. The molecule has 1 aliphatic carbocycles. The topological polar surface area (TPSA) is 46.6 Å². The van der Waals surface area contributed by atoms with E-state index in [9.17, 15) is 9.59 Å². The van der Waals surface area contributed by atoms with Gasteiger partial charge in [-0.05, 0) is 62.1 Å². The van der Waals surface area contributed by atoms with E-state index in [2.05, 4.69) is 0 Å². The molecule has 0 aromatic heterocycles. The first kappa shape index (κ1) is 18.5. The van der Waals surface area contributed by atoms with E-state index < -0.39 is 0 Å². The van der Waals surface area contributed by atoms with Crippen molar-refractivity contribution in [3.8, 4) is 5.75 Å². The molecule has 1 atom stereocenters. The second-order valence-corrected chi connectivity index (χ2v) is 7.46. The quantitative estimate of drug-likeness (QED) is 0.762. The summed E-state index contributed by atoms with van der Waals surface area (Å²) < 4.78 is 5.53. The number of carbonyl (C=O) groups is 2. The fraction of sp³-hybridized carbons (Fsp3) is 0.333. The highest BCUT2D eigenvalue weighted by Gasteiger charge is 2.39. The number of hydrogen-bond donors (Lipinski definition) is 0. The van der Waals surface area contributed by atoms with Crippen molar-refractivity contribution in [3.63, 3.8) is 0 Å². The van der Waals surface area contributed by atoms with Gasteiger partial charge >= 0.3 is 0 Å². The third kappa shape index (κ3) is 3.35. The van der Waals surface area contributed by atoms with Gasteiger partial charge in [0.25, 0.3) is 0 Å². The van der Waals surface area contributed by atoms with Gasteiger partial charge < -0.3 is 4.74 Å². The number of hydrogen-bond acceptors (Lipinski definition) is 3. The van der Waals surface area contributed by atoms with Gasteiger partial charge in [0.1, 0.15) is 5.75 Å². The van der Waals surface area contributed by atoms with Crippen molar-refractivity contribution >= 4 is 17.4 Å². The van der Waals surface area contributed by atoms with E-state index in [0.717, 1.165) is 46.7 Å². The van der Waals surface area contributed by atoms with Gasteiger partial charge in [0.15, 0.2) is 5.78 Å². The molecule has 0 fully saturated rings. The van der Waals surface area contributed by atoms with Gasteiger partial charge in [0.05, 0.1) is 6.61 Å². The van der Waals surface area contributed by atoms with Crippen LogP contribution in [0.5, 0.6) is 5.75 Å². The second-order valence-electron chi connectivity index (χ2n) is 7.46. The normalized spacial score (nSPS) is 19.6. The molecule has 4 heteroatoms. The summed E-state index contributed by atoms with van der Waals surface area (Å²) in [6, 6.07) is 15.7. The Bertz CT molecular complexity index is 943. The monoisotopic (exact) mass is 375 g/mol. The van der Waals surface area contributed by atoms with E-state index in [-0.39, 0.29) is 17.6 Å². The number of nitrogens with zero attached hydrogens (tertiary/aromatic N) is 1. The largest absolute Gasteiger partial charge is 0.494 e. The number of amides is 1. The maximum atomic E-state index is 13.2. The Kier molecular flexibility index (Phi) is 5.03. The van der Waals surface area contributed by atoms with Crippen molar-refractivity contribution < 1.29 is 14.3 Å². The number of anilines is 1.